The van der Waals surface area contributed by atoms with Crippen molar-refractivity contribution in [1.82, 2.24) is 5.32 Å². The van der Waals surface area contributed by atoms with Crippen LogP contribution in [0.4, 0.5) is 0 Å². The van der Waals surface area contributed by atoms with Gasteiger partial charge in [0.1, 0.15) is 0 Å². The third kappa shape index (κ3) is 3.73. The van der Waals surface area contributed by atoms with Crippen LogP contribution >= 0.6 is 0 Å². The minimum Gasteiger partial charge on any atom is -0.330 e. The van der Waals surface area contributed by atoms with Crippen molar-refractivity contribution in [1.29, 1.82) is 0 Å². The molecule has 11 heavy (non-hydrogen) atoms. The molecule has 1 aliphatic carbocycles. The topological polar surface area (TPSA) is 38.0 Å². The lowest BCUT2D eigenvalue weighted by atomic mass is 9.83. The van der Waals surface area contributed by atoms with Crippen molar-refractivity contribution in [3.63, 3.8) is 0 Å². The monoisotopic (exact) mass is 156 g/mol. The minimum absolute atomic E-state index is 0.816. The Balaban J connectivity index is 1.73. The molecule has 0 aromatic heterocycles. The fourth-order valence-corrected chi connectivity index (χ4v) is 1.44. The summed E-state index contributed by atoms with van der Waals surface area (Å²) in [5, 5.41) is 3.41. The maximum Gasteiger partial charge on any atom is -0.00369 e. The first-order valence-electron chi connectivity index (χ1n) is 4.84. The Morgan fingerprint density at radius 3 is 2.64 bits per heavy atom. The van der Waals surface area contributed by atoms with Gasteiger partial charge in [-0.15, -0.1) is 0 Å². The van der Waals surface area contributed by atoms with E-state index < -0.39 is 0 Å². The molecule has 1 rings (SSSR count). The number of nitrogens with one attached hydrogen (secondary N) is 1. The van der Waals surface area contributed by atoms with Gasteiger partial charge < -0.3 is 11.1 Å². The van der Waals surface area contributed by atoms with E-state index in [1.807, 2.05) is 0 Å². The molecule has 1 fully saturated rings. The molecular formula is C9H20N2. The van der Waals surface area contributed by atoms with Crippen molar-refractivity contribution in [2.45, 2.75) is 32.1 Å². The number of rotatable bonds is 6. The molecule has 0 atom stereocenters. The van der Waals surface area contributed by atoms with Crippen LogP contribution in [0.2, 0.25) is 0 Å². The molecule has 0 spiro atoms. The zero-order chi connectivity index (χ0) is 7.94. The Bertz CT molecular complexity index is 89.6. The van der Waals surface area contributed by atoms with Gasteiger partial charge >= 0.3 is 0 Å². The molecule has 0 bridgehead atoms. The van der Waals surface area contributed by atoms with E-state index >= 15 is 0 Å². The van der Waals surface area contributed by atoms with Crippen LogP contribution in [-0.4, -0.2) is 19.6 Å². The Kier molecular flexibility index (Phi) is 4.55. The first-order valence-corrected chi connectivity index (χ1v) is 4.84. The van der Waals surface area contributed by atoms with E-state index in [1.165, 1.54) is 32.2 Å². The number of nitrogens with two attached hydrogens (primary N) is 1. The average molecular weight is 156 g/mol. The van der Waals surface area contributed by atoms with Crippen molar-refractivity contribution in [3.8, 4) is 0 Å². The molecular weight excluding hydrogens is 136 g/mol. The average Bonchev–Trinajstić information content (AvgIpc) is 1.93. The lowest BCUT2D eigenvalue weighted by molar-refractivity contribution is 0.292. The summed E-state index contributed by atoms with van der Waals surface area (Å²) in [5.74, 6) is 1.04. The van der Waals surface area contributed by atoms with Gasteiger partial charge in [-0.05, 0) is 38.4 Å². The van der Waals surface area contributed by atoms with E-state index in [9.17, 15) is 0 Å². The molecule has 0 amide bonds. The van der Waals surface area contributed by atoms with Gasteiger partial charge in [-0.2, -0.15) is 0 Å². The van der Waals surface area contributed by atoms with Gasteiger partial charge in [-0.25, -0.2) is 0 Å². The maximum atomic E-state index is 5.37. The molecule has 0 aromatic carbocycles. The summed E-state index contributed by atoms with van der Waals surface area (Å²) < 4.78 is 0. The summed E-state index contributed by atoms with van der Waals surface area (Å²) in [6.07, 6.45) is 6.90. The quantitative estimate of drug-likeness (QED) is 0.565. The molecule has 66 valence electrons. The second-order valence-electron chi connectivity index (χ2n) is 3.48. The highest BCUT2D eigenvalue weighted by molar-refractivity contribution is 4.70. The van der Waals surface area contributed by atoms with Gasteiger partial charge in [-0.1, -0.05) is 19.3 Å². The van der Waals surface area contributed by atoms with Crippen LogP contribution in [0.3, 0.4) is 0 Å². The Labute approximate surface area is 69.5 Å². The van der Waals surface area contributed by atoms with Crippen molar-refractivity contribution in [2.24, 2.45) is 11.7 Å². The molecule has 1 aliphatic rings. The molecule has 0 saturated heterocycles. The third-order valence-electron chi connectivity index (χ3n) is 2.51. The molecule has 0 aromatic rings. The van der Waals surface area contributed by atoms with Gasteiger partial charge in [-0.3, -0.25) is 0 Å². The van der Waals surface area contributed by atoms with E-state index in [2.05, 4.69) is 5.32 Å². The minimum atomic E-state index is 0.816. The van der Waals surface area contributed by atoms with E-state index in [4.69, 9.17) is 5.73 Å². The second kappa shape index (κ2) is 5.56. The van der Waals surface area contributed by atoms with Crippen LogP contribution in [0, 0.1) is 5.92 Å². The maximum absolute atomic E-state index is 5.37. The molecule has 2 nitrogen and oxygen atoms in total. The van der Waals surface area contributed by atoms with Gasteiger partial charge in [0.15, 0.2) is 0 Å². The second-order valence-corrected chi connectivity index (χ2v) is 3.48. The highest BCUT2D eigenvalue weighted by atomic mass is 14.8. The van der Waals surface area contributed by atoms with Gasteiger partial charge in [0.05, 0.1) is 0 Å². The standard InChI is InChI=1S/C9H20N2/c10-6-2-7-11-8-5-9-3-1-4-9/h9,11H,1-8,10H2. The number of hydrogen-bond acceptors (Lipinski definition) is 2. The lowest BCUT2D eigenvalue weighted by Crippen LogP contribution is -2.23. The zero-order valence-electron chi connectivity index (χ0n) is 7.31. The number of hydrogen-bond donors (Lipinski definition) is 2. The largest absolute Gasteiger partial charge is 0.330 e. The molecule has 2 heteroatoms. The zero-order valence-corrected chi connectivity index (χ0v) is 7.31. The predicted octanol–water partition coefficient (Wildman–Crippen LogP) is 1.11. The summed E-state index contributed by atoms with van der Waals surface area (Å²) in [6, 6.07) is 0. The summed E-state index contributed by atoms with van der Waals surface area (Å²) in [7, 11) is 0. The van der Waals surface area contributed by atoms with Crippen molar-refractivity contribution < 1.29 is 0 Å². The lowest BCUT2D eigenvalue weighted by Gasteiger charge is -2.25. The van der Waals surface area contributed by atoms with Crippen LogP contribution in [0.25, 0.3) is 0 Å². The van der Waals surface area contributed by atoms with E-state index in [1.54, 1.807) is 0 Å². The molecule has 0 aliphatic heterocycles. The molecule has 0 unspecified atom stereocenters. The van der Waals surface area contributed by atoms with Crippen LogP contribution < -0.4 is 11.1 Å². The SMILES string of the molecule is NCCCNCCC1CCC1. The van der Waals surface area contributed by atoms with Crippen molar-refractivity contribution in [2.75, 3.05) is 19.6 Å². The summed E-state index contributed by atoms with van der Waals surface area (Å²) in [4.78, 5) is 0. The van der Waals surface area contributed by atoms with Crippen LogP contribution in [0.15, 0.2) is 0 Å². The molecule has 0 radical (unpaired) electrons. The Hall–Kier alpha value is -0.0800. The fourth-order valence-electron chi connectivity index (χ4n) is 1.44. The van der Waals surface area contributed by atoms with Gasteiger partial charge in [0.2, 0.25) is 0 Å². The molecule has 3 N–H and O–H groups in total. The predicted molar refractivity (Wildman–Crippen MR) is 48.5 cm³/mol. The normalized spacial score (nSPS) is 18.3. The van der Waals surface area contributed by atoms with Crippen molar-refractivity contribution >= 4 is 0 Å². The van der Waals surface area contributed by atoms with Crippen molar-refractivity contribution in [3.05, 3.63) is 0 Å². The van der Waals surface area contributed by atoms with Crippen LogP contribution in [0.1, 0.15) is 32.1 Å². The Morgan fingerprint density at radius 1 is 1.27 bits per heavy atom. The highest BCUT2D eigenvalue weighted by Gasteiger charge is 2.15. The summed E-state index contributed by atoms with van der Waals surface area (Å²) in [6.45, 7) is 3.12. The first-order chi connectivity index (χ1) is 5.43. The summed E-state index contributed by atoms with van der Waals surface area (Å²) in [5.41, 5.74) is 5.37. The third-order valence-corrected chi connectivity index (χ3v) is 2.51. The Morgan fingerprint density at radius 2 is 2.09 bits per heavy atom. The van der Waals surface area contributed by atoms with E-state index in [0.717, 1.165) is 25.4 Å². The fraction of sp³-hybridized carbons (Fsp3) is 1.00. The van der Waals surface area contributed by atoms with E-state index in [0.29, 0.717) is 0 Å². The van der Waals surface area contributed by atoms with Gasteiger partial charge in [0.25, 0.3) is 0 Å². The molecule has 1 saturated carbocycles. The summed E-state index contributed by atoms with van der Waals surface area (Å²) >= 11 is 0. The highest BCUT2D eigenvalue weighted by Crippen LogP contribution is 2.28. The van der Waals surface area contributed by atoms with E-state index in [-0.39, 0.29) is 0 Å². The first kappa shape index (κ1) is 9.01. The van der Waals surface area contributed by atoms with Crippen LogP contribution in [-0.2, 0) is 0 Å². The van der Waals surface area contributed by atoms with Gasteiger partial charge in [0, 0.05) is 0 Å². The smallest absolute Gasteiger partial charge is 0.00369 e. The molecule has 0 heterocycles. The van der Waals surface area contributed by atoms with Crippen LogP contribution in [0.5, 0.6) is 0 Å².